The van der Waals surface area contributed by atoms with E-state index in [9.17, 15) is 14.0 Å². The smallest absolute Gasteiger partial charge is 0.322 e. The highest BCUT2D eigenvalue weighted by atomic mass is 32.1. The lowest BCUT2D eigenvalue weighted by molar-refractivity contribution is -0.137. The first-order valence-electron chi connectivity index (χ1n) is 8.11. The van der Waals surface area contributed by atoms with Gasteiger partial charge >= 0.3 is 5.97 Å². The fourth-order valence-corrected chi connectivity index (χ4v) is 3.80. The van der Waals surface area contributed by atoms with E-state index in [0.717, 1.165) is 26.2 Å². The van der Waals surface area contributed by atoms with Crippen molar-refractivity contribution >= 4 is 39.2 Å². The van der Waals surface area contributed by atoms with Crippen molar-refractivity contribution in [1.29, 1.82) is 0 Å². The minimum Gasteiger partial charge on any atom is -0.480 e. The van der Waals surface area contributed by atoms with Gasteiger partial charge in [-0.15, -0.1) is 11.3 Å². The van der Waals surface area contributed by atoms with Crippen molar-refractivity contribution in [3.8, 4) is 11.1 Å². The maximum atomic E-state index is 13.3. The molecule has 7 nitrogen and oxygen atoms in total. The quantitative estimate of drug-likeness (QED) is 0.600. The van der Waals surface area contributed by atoms with Gasteiger partial charge in [0, 0.05) is 10.4 Å². The van der Waals surface area contributed by atoms with Gasteiger partial charge in [0.25, 0.3) is 0 Å². The Balaban J connectivity index is 1.98. The number of benzene rings is 1. The fourth-order valence-electron chi connectivity index (χ4n) is 2.71. The SMILES string of the molecule is Cc1nc(NCC(=O)NCC(=O)O)c2c(-c3ccc(F)cc3)c(C)sc2n1. The zero-order valence-electron chi connectivity index (χ0n) is 14.7. The predicted molar refractivity (Wildman–Crippen MR) is 101 cm³/mol. The van der Waals surface area contributed by atoms with Crippen LogP contribution in [0.4, 0.5) is 10.2 Å². The number of aromatic nitrogens is 2. The molecule has 0 bridgehead atoms. The molecule has 0 aliphatic carbocycles. The maximum absolute atomic E-state index is 13.3. The van der Waals surface area contributed by atoms with Crippen LogP contribution in [0.3, 0.4) is 0 Å². The summed E-state index contributed by atoms with van der Waals surface area (Å²) < 4.78 is 13.3. The van der Waals surface area contributed by atoms with Crippen molar-refractivity contribution in [2.45, 2.75) is 13.8 Å². The summed E-state index contributed by atoms with van der Waals surface area (Å²) in [7, 11) is 0. The average molecular weight is 388 g/mol. The molecule has 2 heterocycles. The summed E-state index contributed by atoms with van der Waals surface area (Å²) in [4.78, 5) is 33.0. The second-order valence-corrected chi connectivity index (χ2v) is 7.07. The minimum atomic E-state index is -1.12. The molecule has 27 heavy (non-hydrogen) atoms. The third-order valence-corrected chi connectivity index (χ3v) is 4.82. The molecular weight excluding hydrogens is 371 g/mol. The summed E-state index contributed by atoms with van der Waals surface area (Å²) in [5, 5.41) is 14.6. The van der Waals surface area contributed by atoms with E-state index in [1.54, 1.807) is 19.1 Å². The molecule has 3 N–H and O–H groups in total. The molecule has 0 aliphatic rings. The summed E-state index contributed by atoms with van der Waals surface area (Å²) in [6, 6.07) is 6.15. The van der Waals surface area contributed by atoms with Crippen LogP contribution in [0, 0.1) is 19.7 Å². The van der Waals surface area contributed by atoms with E-state index in [-0.39, 0.29) is 12.4 Å². The predicted octanol–water partition coefficient (Wildman–Crippen LogP) is 2.73. The molecule has 0 radical (unpaired) electrons. The van der Waals surface area contributed by atoms with Gasteiger partial charge in [0.2, 0.25) is 5.91 Å². The normalized spacial score (nSPS) is 10.8. The third kappa shape index (κ3) is 4.20. The van der Waals surface area contributed by atoms with E-state index < -0.39 is 18.4 Å². The lowest BCUT2D eigenvalue weighted by Gasteiger charge is -2.10. The van der Waals surface area contributed by atoms with Gasteiger partial charge in [-0.2, -0.15) is 0 Å². The molecule has 140 valence electrons. The number of carboxylic acids is 1. The van der Waals surface area contributed by atoms with Crippen LogP contribution in [0.1, 0.15) is 10.7 Å². The van der Waals surface area contributed by atoms with E-state index in [2.05, 4.69) is 20.6 Å². The van der Waals surface area contributed by atoms with Gasteiger partial charge in [0.1, 0.15) is 28.8 Å². The topological polar surface area (TPSA) is 104 Å². The number of hydrogen-bond acceptors (Lipinski definition) is 6. The number of nitrogens with zero attached hydrogens (tertiary/aromatic N) is 2. The number of hydrogen-bond donors (Lipinski definition) is 3. The minimum absolute atomic E-state index is 0.128. The first-order valence-corrected chi connectivity index (χ1v) is 8.93. The van der Waals surface area contributed by atoms with E-state index in [1.165, 1.54) is 23.5 Å². The van der Waals surface area contributed by atoms with Crippen LogP contribution < -0.4 is 10.6 Å². The lowest BCUT2D eigenvalue weighted by atomic mass is 10.0. The number of amides is 1. The Morgan fingerprint density at radius 2 is 1.85 bits per heavy atom. The molecule has 0 unspecified atom stereocenters. The number of aliphatic carboxylic acids is 1. The zero-order chi connectivity index (χ0) is 19.6. The molecule has 0 saturated heterocycles. The molecule has 0 saturated carbocycles. The molecule has 1 aromatic carbocycles. The van der Waals surface area contributed by atoms with E-state index in [4.69, 9.17) is 5.11 Å². The largest absolute Gasteiger partial charge is 0.480 e. The summed E-state index contributed by atoms with van der Waals surface area (Å²) in [5.41, 5.74) is 1.70. The number of carbonyl (C=O) groups excluding carboxylic acids is 1. The average Bonchev–Trinajstić information content (AvgIpc) is 2.94. The molecule has 2 aromatic heterocycles. The van der Waals surface area contributed by atoms with Gasteiger partial charge in [0.05, 0.1) is 11.9 Å². The van der Waals surface area contributed by atoms with Gasteiger partial charge in [-0.1, -0.05) is 12.1 Å². The number of rotatable bonds is 6. The first kappa shape index (κ1) is 18.7. The number of carbonyl (C=O) groups is 2. The van der Waals surface area contributed by atoms with Crippen LogP contribution in [0.2, 0.25) is 0 Å². The summed E-state index contributed by atoms with van der Waals surface area (Å²) in [5.74, 6) is -0.876. The van der Waals surface area contributed by atoms with Crippen LogP contribution in [0.15, 0.2) is 24.3 Å². The number of nitrogens with one attached hydrogen (secondary N) is 2. The van der Waals surface area contributed by atoms with Gasteiger partial charge < -0.3 is 15.7 Å². The Bertz CT molecular complexity index is 1020. The van der Waals surface area contributed by atoms with Crippen molar-refractivity contribution in [2.24, 2.45) is 0 Å². The molecule has 0 atom stereocenters. The number of fused-ring (bicyclic) bond motifs is 1. The monoisotopic (exact) mass is 388 g/mol. The highest BCUT2D eigenvalue weighted by Crippen LogP contribution is 2.40. The number of aryl methyl sites for hydroxylation is 2. The van der Waals surface area contributed by atoms with Crippen LogP contribution in [0.25, 0.3) is 21.3 Å². The summed E-state index contributed by atoms with van der Waals surface area (Å²) in [6.07, 6.45) is 0. The van der Waals surface area contributed by atoms with E-state index >= 15 is 0 Å². The van der Waals surface area contributed by atoms with Crippen LogP contribution in [-0.4, -0.2) is 40.0 Å². The Labute approximate surface area is 158 Å². The highest BCUT2D eigenvalue weighted by Gasteiger charge is 2.18. The molecule has 9 heteroatoms. The highest BCUT2D eigenvalue weighted by molar-refractivity contribution is 7.19. The fraction of sp³-hybridized carbons (Fsp3) is 0.222. The first-order chi connectivity index (χ1) is 12.8. The lowest BCUT2D eigenvalue weighted by Crippen LogP contribution is -2.34. The van der Waals surface area contributed by atoms with Crippen molar-refractivity contribution < 1.29 is 19.1 Å². The van der Waals surface area contributed by atoms with Gasteiger partial charge in [-0.05, 0) is 31.5 Å². The number of carboxylic acid groups (broad SMARTS) is 1. The number of halogens is 1. The molecule has 1 amide bonds. The van der Waals surface area contributed by atoms with E-state index in [0.29, 0.717) is 11.6 Å². The van der Waals surface area contributed by atoms with Crippen LogP contribution >= 0.6 is 11.3 Å². The van der Waals surface area contributed by atoms with Gasteiger partial charge in [-0.25, -0.2) is 14.4 Å². The van der Waals surface area contributed by atoms with Crippen molar-refractivity contribution in [1.82, 2.24) is 15.3 Å². The molecule has 0 spiro atoms. The van der Waals surface area contributed by atoms with Gasteiger partial charge in [0.15, 0.2) is 0 Å². The zero-order valence-corrected chi connectivity index (χ0v) is 15.5. The Kier molecular flexibility index (Phi) is 5.31. The standard InChI is InChI=1S/C18H17FN4O3S/c1-9-15(11-3-5-12(19)6-4-11)16-17(22-10(2)23-18(16)27-9)21-7-13(24)20-8-14(25)26/h3-6H,7-8H2,1-2H3,(H,20,24)(H,25,26)(H,21,22,23). The summed E-state index contributed by atoms with van der Waals surface area (Å²) >= 11 is 1.49. The summed E-state index contributed by atoms with van der Waals surface area (Å²) in [6.45, 7) is 3.12. The Morgan fingerprint density at radius 3 is 2.52 bits per heavy atom. The van der Waals surface area contributed by atoms with Crippen molar-refractivity contribution in [3.63, 3.8) is 0 Å². The van der Waals surface area contributed by atoms with Crippen LogP contribution in [-0.2, 0) is 9.59 Å². The maximum Gasteiger partial charge on any atom is 0.322 e. The Morgan fingerprint density at radius 1 is 1.15 bits per heavy atom. The Hall–Kier alpha value is -3.07. The van der Waals surface area contributed by atoms with Crippen LogP contribution in [0.5, 0.6) is 0 Å². The molecule has 0 fully saturated rings. The number of anilines is 1. The van der Waals surface area contributed by atoms with Crippen molar-refractivity contribution in [3.05, 3.63) is 40.8 Å². The molecule has 0 aliphatic heterocycles. The molecular formula is C18H17FN4O3S. The van der Waals surface area contributed by atoms with E-state index in [1.807, 2.05) is 6.92 Å². The third-order valence-electron chi connectivity index (χ3n) is 3.83. The van der Waals surface area contributed by atoms with Gasteiger partial charge in [-0.3, -0.25) is 9.59 Å². The second kappa shape index (κ2) is 7.67. The number of thiophene rings is 1. The van der Waals surface area contributed by atoms with Crippen molar-refractivity contribution in [2.75, 3.05) is 18.4 Å². The second-order valence-electron chi connectivity index (χ2n) is 5.86. The molecule has 3 rings (SSSR count). The molecule has 3 aromatic rings.